The second-order valence-electron chi connectivity index (χ2n) is 5.21. The molecule has 2 heterocycles. The van der Waals surface area contributed by atoms with Gasteiger partial charge in [-0.25, -0.2) is 8.42 Å². The molecule has 0 fully saturated rings. The van der Waals surface area contributed by atoms with E-state index in [1.54, 1.807) is 4.52 Å². The highest BCUT2D eigenvalue weighted by atomic mass is 32.2. The van der Waals surface area contributed by atoms with Gasteiger partial charge >= 0.3 is 5.65 Å². The number of aryl methyl sites for hydroxylation is 1. The van der Waals surface area contributed by atoms with E-state index in [0.29, 0.717) is 12.4 Å². The molecule has 2 aromatic heterocycles. The summed E-state index contributed by atoms with van der Waals surface area (Å²) in [7, 11) is -3.91. The Morgan fingerprint density at radius 2 is 1.96 bits per heavy atom. The zero-order chi connectivity index (χ0) is 18.4. The van der Waals surface area contributed by atoms with Crippen LogP contribution in [0.3, 0.4) is 0 Å². The number of rotatable bonds is 4. The van der Waals surface area contributed by atoms with Gasteiger partial charge < -0.3 is 15.0 Å². The fourth-order valence-corrected chi connectivity index (χ4v) is 2.12. The van der Waals surface area contributed by atoms with E-state index in [-0.39, 0.29) is 12.4 Å². The normalized spacial score (nSPS) is 11.2. The van der Waals surface area contributed by atoms with Crippen LogP contribution in [-0.4, -0.2) is 47.1 Å². The summed E-state index contributed by atoms with van der Waals surface area (Å²) in [4.78, 5) is 4.62. The molecule has 0 aliphatic rings. The number of aliphatic hydroxyl groups excluding tert-OH is 1. The molecule has 0 amide bonds. The van der Waals surface area contributed by atoms with Gasteiger partial charge in [0, 0.05) is 12.3 Å². The molecule has 9 heteroatoms. The second-order valence-corrected chi connectivity index (χ2v) is 6.91. The largest absolute Gasteiger partial charge is 0.748 e. The average Bonchev–Trinajstić information content (AvgIpc) is 2.59. The van der Waals surface area contributed by atoms with Crippen molar-refractivity contribution in [3.8, 4) is 0 Å². The zero-order valence-corrected chi connectivity index (χ0v) is 14.8. The number of nitrogens with zero attached hydrogens (tertiary/aromatic N) is 3. The van der Waals surface area contributed by atoms with Gasteiger partial charge in [0.15, 0.2) is 0 Å². The molecule has 0 spiro atoms. The topological polar surface area (TPSA) is 119 Å². The SMILES string of the molecule is CCS(=O)(=O)[O-].Cc1n[n+]2ccc3ccccc3c2nc1NCCO. The molecule has 8 nitrogen and oxygen atoms in total. The molecular weight excluding hydrogens is 344 g/mol. The molecule has 0 unspecified atom stereocenters. The summed E-state index contributed by atoms with van der Waals surface area (Å²) in [6.45, 7) is 3.75. The number of hydrogen-bond donors (Lipinski definition) is 2. The first-order chi connectivity index (χ1) is 11.9. The highest BCUT2D eigenvalue weighted by Crippen LogP contribution is 2.16. The quantitative estimate of drug-likeness (QED) is 0.396. The van der Waals surface area contributed by atoms with Crippen LogP contribution in [0.25, 0.3) is 16.4 Å². The minimum Gasteiger partial charge on any atom is -0.748 e. The van der Waals surface area contributed by atoms with Gasteiger partial charge in [-0.3, -0.25) is 0 Å². The van der Waals surface area contributed by atoms with Crippen LogP contribution in [0.2, 0.25) is 0 Å². The monoisotopic (exact) mass is 364 g/mol. The van der Waals surface area contributed by atoms with Gasteiger partial charge in [-0.2, -0.15) is 0 Å². The molecule has 1 aromatic carbocycles. The van der Waals surface area contributed by atoms with Crippen molar-refractivity contribution in [2.75, 3.05) is 24.2 Å². The number of fused-ring (bicyclic) bond motifs is 3. The standard InChI is InChI=1S/C14H14N4O.C2H6O3S/c1-10-13(15-7-9-19)16-14-12-5-3-2-4-11(12)6-8-18(14)17-10;1-2-6(3,4)5/h2-6,8,19H,7,9H2,1H3;2H2,1H3,(H,3,4,5). The van der Waals surface area contributed by atoms with Crippen LogP contribution in [0.5, 0.6) is 0 Å². The smallest absolute Gasteiger partial charge is 0.358 e. The zero-order valence-electron chi connectivity index (χ0n) is 14.0. The molecule has 134 valence electrons. The summed E-state index contributed by atoms with van der Waals surface area (Å²) >= 11 is 0. The van der Waals surface area contributed by atoms with E-state index in [1.807, 2.05) is 37.4 Å². The van der Waals surface area contributed by atoms with Crippen LogP contribution >= 0.6 is 0 Å². The molecule has 0 bridgehead atoms. The van der Waals surface area contributed by atoms with Crippen molar-refractivity contribution < 1.29 is 22.6 Å². The van der Waals surface area contributed by atoms with E-state index in [2.05, 4.69) is 21.5 Å². The minimum atomic E-state index is -3.91. The average molecular weight is 364 g/mol. The van der Waals surface area contributed by atoms with Gasteiger partial charge in [0.2, 0.25) is 0 Å². The summed E-state index contributed by atoms with van der Waals surface area (Å²) in [6, 6.07) is 10.1. The highest BCUT2D eigenvalue weighted by Gasteiger charge is 2.16. The van der Waals surface area contributed by atoms with Crippen LogP contribution in [-0.2, 0) is 10.1 Å². The number of hydrogen-bond acceptors (Lipinski definition) is 7. The van der Waals surface area contributed by atoms with E-state index in [1.165, 1.54) is 6.92 Å². The Morgan fingerprint density at radius 1 is 1.28 bits per heavy atom. The van der Waals surface area contributed by atoms with Gasteiger partial charge in [-0.05, 0) is 29.4 Å². The maximum Gasteiger partial charge on any atom is 0.358 e. The molecule has 0 saturated carbocycles. The van der Waals surface area contributed by atoms with E-state index >= 15 is 0 Å². The number of aliphatic hydroxyl groups is 1. The number of aromatic nitrogens is 3. The number of anilines is 1. The molecule has 0 saturated heterocycles. The molecule has 3 rings (SSSR count). The Balaban J connectivity index is 0.000000326. The Labute approximate surface area is 145 Å². The lowest BCUT2D eigenvalue weighted by Crippen LogP contribution is -2.29. The predicted molar refractivity (Wildman–Crippen MR) is 93.2 cm³/mol. The Bertz CT molecular complexity index is 976. The Kier molecular flexibility index (Phi) is 6.18. The van der Waals surface area contributed by atoms with Gasteiger partial charge in [0.1, 0.15) is 11.9 Å². The van der Waals surface area contributed by atoms with Gasteiger partial charge in [0.25, 0.3) is 5.82 Å². The summed E-state index contributed by atoms with van der Waals surface area (Å²) in [5, 5.41) is 18.7. The molecule has 0 radical (unpaired) electrons. The fourth-order valence-electron chi connectivity index (χ4n) is 2.12. The van der Waals surface area contributed by atoms with Crippen molar-refractivity contribution in [2.45, 2.75) is 13.8 Å². The van der Waals surface area contributed by atoms with Gasteiger partial charge in [-0.1, -0.05) is 30.2 Å². The predicted octanol–water partition coefficient (Wildman–Crippen LogP) is 0.633. The molecule has 2 N–H and O–H groups in total. The summed E-state index contributed by atoms with van der Waals surface area (Å²) in [5.41, 5.74) is 1.62. The first kappa shape index (κ1) is 19.0. The lowest BCUT2D eigenvalue weighted by Gasteiger charge is -2.02. The van der Waals surface area contributed by atoms with Crippen molar-refractivity contribution in [1.82, 2.24) is 10.1 Å². The lowest BCUT2D eigenvalue weighted by atomic mass is 10.2. The molecular formula is C16H20N4O4S. The summed E-state index contributed by atoms with van der Waals surface area (Å²) < 4.78 is 30.1. The molecule has 0 aliphatic heterocycles. The maximum atomic E-state index is 9.44. The third kappa shape index (κ3) is 5.05. The lowest BCUT2D eigenvalue weighted by molar-refractivity contribution is -0.582. The fraction of sp³-hybridized carbons (Fsp3) is 0.312. The summed E-state index contributed by atoms with van der Waals surface area (Å²) in [6.07, 6.45) is 1.91. The van der Waals surface area contributed by atoms with Crippen molar-refractivity contribution in [1.29, 1.82) is 0 Å². The van der Waals surface area contributed by atoms with E-state index in [4.69, 9.17) is 5.11 Å². The molecule has 0 aliphatic carbocycles. The maximum absolute atomic E-state index is 9.44. The number of pyridine rings is 1. The molecule has 3 aromatic rings. The van der Waals surface area contributed by atoms with Gasteiger partial charge in [-0.15, -0.1) is 4.52 Å². The Morgan fingerprint density at radius 3 is 2.60 bits per heavy atom. The van der Waals surface area contributed by atoms with Gasteiger partial charge in [0.05, 0.1) is 22.1 Å². The molecule has 0 atom stereocenters. The van der Waals surface area contributed by atoms with Crippen molar-refractivity contribution >= 4 is 32.4 Å². The first-order valence-electron chi connectivity index (χ1n) is 7.72. The van der Waals surface area contributed by atoms with E-state index < -0.39 is 10.1 Å². The number of nitrogens with one attached hydrogen (secondary N) is 1. The van der Waals surface area contributed by atoms with Crippen LogP contribution in [0.15, 0.2) is 36.5 Å². The molecule has 25 heavy (non-hydrogen) atoms. The first-order valence-corrected chi connectivity index (χ1v) is 9.29. The number of benzene rings is 1. The minimum absolute atomic E-state index is 0.0713. The second kappa shape index (κ2) is 8.15. The van der Waals surface area contributed by atoms with Crippen LogP contribution in [0, 0.1) is 6.92 Å². The third-order valence-electron chi connectivity index (χ3n) is 3.39. The van der Waals surface area contributed by atoms with Crippen LogP contribution in [0.1, 0.15) is 12.6 Å². The highest BCUT2D eigenvalue weighted by molar-refractivity contribution is 7.85. The Hall–Kier alpha value is -2.36. The van der Waals surface area contributed by atoms with Crippen LogP contribution < -0.4 is 9.83 Å². The third-order valence-corrected chi connectivity index (χ3v) is 4.10. The van der Waals surface area contributed by atoms with Crippen LogP contribution in [0.4, 0.5) is 5.82 Å². The van der Waals surface area contributed by atoms with E-state index in [0.717, 1.165) is 22.1 Å². The van der Waals surface area contributed by atoms with Crippen molar-refractivity contribution in [3.05, 3.63) is 42.2 Å². The van der Waals surface area contributed by atoms with E-state index in [9.17, 15) is 13.0 Å². The summed E-state index contributed by atoms with van der Waals surface area (Å²) in [5.74, 6) is 0.401. The van der Waals surface area contributed by atoms with Crippen molar-refractivity contribution in [2.24, 2.45) is 0 Å². The van der Waals surface area contributed by atoms with Crippen molar-refractivity contribution in [3.63, 3.8) is 0 Å².